The summed E-state index contributed by atoms with van der Waals surface area (Å²) in [5, 5.41) is 7.04. The van der Waals surface area contributed by atoms with Crippen molar-refractivity contribution in [1.29, 1.82) is 0 Å². The summed E-state index contributed by atoms with van der Waals surface area (Å²) in [6.45, 7) is 11.1. The highest BCUT2D eigenvalue weighted by Gasteiger charge is 2.04. The van der Waals surface area contributed by atoms with E-state index in [4.69, 9.17) is 0 Å². The van der Waals surface area contributed by atoms with E-state index in [1.165, 1.54) is 19.3 Å². The smallest absolute Gasteiger partial charge is 0.0164 e. The molecule has 1 atom stereocenters. The molecule has 0 heterocycles. The van der Waals surface area contributed by atoms with Gasteiger partial charge >= 0.3 is 0 Å². The van der Waals surface area contributed by atoms with Crippen LogP contribution in [0, 0.1) is 0 Å². The van der Waals surface area contributed by atoms with Crippen molar-refractivity contribution in [3.05, 3.63) is 0 Å². The maximum absolute atomic E-state index is 3.57. The molecule has 0 spiro atoms. The zero-order valence-electron chi connectivity index (χ0n) is 9.69. The molecule has 80 valence electrons. The fourth-order valence-corrected chi connectivity index (χ4v) is 1.38. The second-order valence-corrected chi connectivity index (χ2v) is 3.78. The summed E-state index contributed by atoms with van der Waals surface area (Å²) in [6, 6.07) is 1.30. The molecule has 2 N–H and O–H groups in total. The van der Waals surface area contributed by atoms with E-state index in [0.717, 1.165) is 13.1 Å². The van der Waals surface area contributed by atoms with Crippen LogP contribution in [0.5, 0.6) is 0 Å². The summed E-state index contributed by atoms with van der Waals surface area (Å²) in [7, 11) is 0. The minimum absolute atomic E-state index is 0.598. The van der Waals surface area contributed by atoms with E-state index in [0.29, 0.717) is 12.1 Å². The van der Waals surface area contributed by atoms with Crippen LogP contribution >= 0.6 is 0 Å². The molecule has 0 aromatic rings. The number of hydrogen-bond acceptors (Lipinski definition) is 2. The van der Waals surface area contributed by atoms with Gasteiger partial charge in [-0.05, 0) is 32.7 Å². The largest absolute Gasteiger partial charge is 0.313 e. The summed E-state index contributed by atoms with van der Waals surface area (Å²) in [6.07, 6.45) is 3.68. The van der Waals surface area contributed by atoms with Crippen molar-refractivity contribution < 1.29 is 0 Å². The molecule has 0 aromatic carbocycles. The van der Waals surface area contributed by atoms with Gasteiger partial charge in [-0.15, -0.1) is 0 Å². The first-order chi connectivity index (χ1) is 6.24. The van der Waals surface area contributed by atoms with Crippen LogP contribution in [-0.4, -0.2) is 25.2 Å². The van der Waals surface area contributed by atoms with Crippen molar-refractivity contribution in [2.45, 2.75) is 59.0 Å². The Morgan fingerprint density at radius 1 is 1.00 bits per heavy atom. The normalized spacial score (nSPS) is 13.6. The van der Waals surface area contributed by atoms with E-state index in [1.54, 1.807) is 0 Å². The standard InChI is InChI=1S/C11H26N2/c1-5-8-12-10(4)9-13-11(6-2)7-3/h10-13H,5-9H2,1-4H3. The molecule has 13 heavy (non-hydrogen) atoms. The van der Waals surface area contributed by atoms with Gasteiger partial charge in [0.2, 0.25) is 0 Å². The molecule has 0 saturated carbocycles. The van der Waals surface area contributed by atoms with E-state index in [1.807, 2.05) is 0 Å². The molecule has 0 aliphatic rings. The minimum Gasteiger partial charge on any atom is -0.313 e. The van der Waals surface area contributed by atoms with Gasteiger partial charge in [-0.3, -0.25) is 0 Å². The van der Waals surface area contributed by atoms with Crippen LogP contribution in [0.1, 0.15) is 47.0 Å². The van der Waals surface area contributed by atoms with E-state index in [-0.39, 0.29) is 0 Å². The van der Waals surface area contributed by atoms with Crippen LogP contribution in [0.3, 0.4) is 0 Å². The minimum atomic E-state index is 0.598. The highest BCUT2D eigenvalue weighted by atomic mass is 15.0. The molecular weight excluding hydrogens is 160 g/mol. The Hall–Kier alpha value is -0.0800. The van der Waals surface area contributed by atoms with E-state index < -0.39 is 0 Å². The lowest BCUT2D eigenvalue weighted by Gasteiger charge is -2.19. The third-order valence-corrected chi connectivity index (χ3v) is 2.44. The molecule has 0 saturated heterocycles. The van der Waals surface area contributed by atoms with Gasteiger partial charge in [0, 0.05) is 18.6 Å². The summed E-state index contributed by atoms with van der Waals surface area (Å²) in [5.74, 6) is 0. The summed E-state index contributed by atoms with van der Waals surface area (Å²) in [4.78, 5) is 0. The molecule has 2 nitrogen and oxygen atoms in total. The van der Waals surface area contributed by atoms with E-state index in [2.05, 4.69) is 38.3 Å². The Bertz CT molecular complexity index is 100. The Labute approximate surface area is 83.5 Å². The second kappa shape index (κ2) is 8.52. The highest BCUT2D eigenvalue weighted by Crippen LogP contribution is 1.95. The maximum atomic E-state index is 3.57. The van der Waals surface area contributed by atoms with E-state index in [9.17, 15) is 0 Å². The summed E-state index contributed by atoms with van der Waals surface area (Å²) in [5.41, 5.74) is 0. The number of nitrogens with one attached hydrogen (secondary N) is 2. The maximum Gasteiger partial charge on any atom is 0.0164 e. The number of rotatable bonds is 8. The van der Waals surface area contributed by atoms with Gasteiger partial charge < -0.3 is 10.6 Å². The Balaban J connectivity index is 3.38. The first-order valence-electron chi connectivity index (χ1n) is 5.71. The highest BCUT2D eigenvalue weighted by molar-refractivity contribution is 4.68. The van der Waals surface area contributed by atoms with Crippen LogP contribution in [0.25, 0.3) is 0 Å². The molecule has 1 unspecified atom stereocenters. The first kappa shape index (κ1) is 12.9. The van der Waals surface area contributed by atoms with Gasteiger partial charge in [-0.1, -0.05) is 20.8 Å². The second-order valence-electron chi connectivity index (χ2n) is 3.78. The molecular formula is C11H26N2. The molecule has 0 radical (unpaired) electrons. The van der Waals surface area contributed by atoms with Crippen LogP contribution < -0.4 is 10.6 Å². The molecule has 2 heteroatoms. The first-order valence-corrected chi connectivity index (χ1v) is 5.71. The SMILES string of the molecule is CCCNC(C)CNC(CC)CC. The molecule has 0 aromatic heterocycles. The zero-order chi connectivity index (χ0) is 10.1. The van der Waals surface area contributed by atoms with Crippen molar-refractivity contribution in [1.82, 2.24) is 10.6 Å². The van der Waals surface area contributed by atoms with Crippen molar-refractivity contribution in [2.24, 2.45) is 0 Å². The molecule has 0 aliphatic carbocycles. The molecule has 0 rings (SSSR count). The lowest BCUT2D eigenvalue weighted by atomic mass is 10.1. The van der Waals surface area contributed by atoms with Crippen LogP contribution in [-0.2, 0) is 0 Å². The van der Waals surface area contributed by atoms with Gasteiger partial charge in [0.25, 0.3) is 0 Å². The third-order valence-electron chi connectivity index (χ3n) is 2.44. The van der Waals surface area contributed by atoms with Gasteiger partial charge in [0.1, 0.15) is 0 Å². The number of hydrogen-bond donors (Lipinski definition) is 2. The summed E-state index contributed by atoms with van der Waals surface area (Å²) < 4.78 is 0. The van der Waals surface area contributed by atoms with Gasteiger partial charge in [-0.2, -0.15) is 0 Å². The fraction of sp³-hybridized carbons (Fsp3) is 1.00. The lowest BCUT2D eigenvalue weighted by molar-refractivity contribution is 0.431. The predicted molar refractivity (Wildman–Crippen MR) is 60.1 cm³/mol. The van der Waals surface area contributed by atoms with Crippen LogP contribution in [0.2, 0.25) is 0 Å². The van der Waals surface area contributed by atoms with Crippen molar-refractivity contribution in [3.63, 3.8) is 0 Å². The topological polar surface area (TPSA) is 24.1 Å². The predicted octanol–water partition coefficient (Wildman–Crippen LogP) is 2.15. The average Bonchev–Trinajstić information content (AvgIpc) is 2.16. The van der Waals surface area contributed by atoms with Crippen LogP contribution in [0.15, 0.2) is 0 Å². The summed E-state index contributed by atoms with van der Waals surface area (Å²) >= 11 is 0. The van der Waals surface area contributed by atoms with Crippen molar-refractivity contribution in [3.8, 4) is 0 Å². The van der Waals surface area contributed by atoms with Gasteiger partial charge in [0.15, 0.2) is 0 Å². The monoisotopic (exact) mass is 186 g/mol. The van der Waals surface area contributed by atoms with Gasteiger partial charge in [0.05, 0.1) is 0 Å². The molecule has 0 amide bonds. The quantitative estimate of drug-likeness (QED) is 0.607. The fourth-order valence-electron chi connectivity index (χ4n) is 1.38. The van der Waals surface area contributed by atoms with Crippen LogP contribution in [0.4, 0.5) is 0 Å². The van der Waals surface area contributed by atoms with Crippen molar-refractivity contribution >= 4 is 0 Å². The zero-order valence-corrected chi connectivity index (χ0v) is 9.69. The Morgan fingerprint density at radius 2 is 1.62 bits per heavy atom. The lowest BCUT2D eigenvalue weighted by Crippen LogP contribution is -2.40. The average molecular weight is 186 g/mol. The van der Waals surface area contributed by atoms with Crippen molar-refractivity contribution in [2.75, 3.05) is 13.1 Å². The van der Waals surface area contributed by atoms with E-state index >= 15 is 0 Å². The van der Waals surface area contributed by atoms with Gasteiger partial charge in [-0.25, -0.2) is 0 Å². The molecule has 0 aliphatic heterocycles. The molecule has 0 bridgehead atoms. The molecule has 0 fully saturated rings. The third kappa shape index (κ3) is 7.03. The Morgan fingerprint density at radius 3 is 2.08 bits per heavy atom. The Kier molecular flexibility index (Phi) is 8.46.